The molecule has 1 saturated carbocycles. The lowest BCUT2D eigenvalue weighted by molar-refractivity contribution is -0.104. The number of pyridine rings is 2. The van der Waals surface area contributed by atoms with E-state index in [9.17, 15) is 4.55 Å². The van der Waals surface area contributed by atoms with Gasteiger partial charge < -0.3 is 14.6 Å². The van der Waals surface area contributed by atoms with Gasteiger partial charge in [0.2, 0.25) is 0 Å². The van der Waals surface area contributed by atoms with Crippen molar-refractivity contribution < 1.29 is 9.29 Å². The molecule has 2 aliphatic rings. The van der Waals surface area contributed by atoms with E-state index in [0.717, 1.165) is 49.4 Å². The van der Waals surface area contributed by atoms with Crippen molar-refractivity contribution in [2.75, 3.05) is 19.4 Å². The minimum absolute atomic E-state index is 0.0548. The Hall–Kier alpha value is -1.47. The summed E-state index contributed by atoms with van der Waals surface area (Å²) < 4.78 is 18.0. The summed E-state index contributed by atoms with van der Waals surface area (Å²) >= 11 is -1.000. The predicted molar refractivity (Wildman–Crippen MR) is 115 cm³/mol. The van der Waals surface area contributed by atoms with Crippen molar-refractivity contribution >= 4 is 11.2 Å². The second-order valence-corrected chi connectivity index (χ2v) is 9.95. The van der Waals surface area contributed by atoms with Crippen LogP contribution in [0.1, 0.15) is 56.2 Å². The van der Waals surface area contributed by atoms with Crippen molar-refractivity contribution in [2.45, 2.75) is 67.4 Å². The van der Waals surface area contributed by atoms with Gasteiger partial charge in [0.1, 0.15) is 6.26 Å². The quantitative estimate of drug-likeness (QED) is 0.553. The smallest absolute Gasteiger partial charge is 0.171 e. The van der Waals surface area contributed by atoms with Crippen molar-refractivity contribution in [3.63, 3.8) is 0 Å². The molecule has 2 aromatic rings. The molecule has 2 fully saturated rings. The monoisotopic (exact) mass is 413 g/mol. The highest BCUT2D eigenvalue weighted by molar-refractivity contribution is 7.90. The minimum Gasteiger partial charge on any atom is -0.612 e. The zero-order valence-electron chi connectivity index (χ0n) is 17.2. The van der Waals surface area contributed by atoms with E-state index in [-0.39, 0.29) is 11.0 Å². The van der Waals surface area contributed by atoms with Crippen LogP contribution >= 0.6 is 0 Å². The van der Waals surface area contributed by atoms with E-state index in [4.69, 9.17) is 9.72 Å². The van der Waals surface area contributed by atoms with E-state index in [1.54, 1.807) is 12.5 Å². The van der Waals surface area contributed by atoms with E-state index in [2.05, 4.69) is 22.4 Å². The van der Waals surface area contributed by atoms with Crippen LogP contribution in [0.5, 0.6) is 0 Å². The molecule has 1 saturated heterocycles. The van der Waals surface area contributed by atoms with Gasteiger partial charge in [-0.15, -0.1) is 0 Å². The number of ether oxygens (including phenoxy) is 1. The first-order valence-electron chi connectivity index (χ1n) is 10.6. The minimum atomic E-state index is -1.000. The number of hydrogen-bond acceptors (Lipinski definition) is 5. The van der Waals surface area contributed by atoms with Crippen LogP contribution in [-0.2, 0) is 27.9 Å². The third-order valence-electron chi connectivity index (χ3n) is 6.58. The molecule has 0 amide bonds. The predicted octanol–water partition coefficient (Wildman–Crippen LogP) is 3.75. The van der Waals surface area contributed by atoms with Gasteiger partial charge >= 0.3 is 0 Å². The first kappa shape index (κ1) is 20.8. The summed E-state index contributed by atoms with van der Waals surface area (Å²) in [5.74, 6) is 0. The standard InChI is InChI=1S/C23H31N3O2S/c1-29(27)20-14-19(16-25-17-20)15-24-12-9-22(21-6-2-5-11-26-21)10-13-28-23(18-22)7-3-4-8-23/h2,5-6,11,14,16-17,24H,3-4,7-10,12-13,15,18H2,1H3/t22-,29?/m1/s1. The zero-order chi connectivity index (χ0) is 20.2. The third-order valence-corrected chi connectivity index (χ3v) is 7.47. The summed E-state index contributed by atoms with van der Waals surface area (Å²) in [5.41, 5.74) is 2.41. The van der Waals surface area contributed by atoms with E-state index >= 15 is 0 Å². The van der Waals surface area contributed by atoms with Crippen LogP contribution in [0, 0.1) is 0 Å². The summed E-state index contributed by atoms with van der Waals surface area (Å²) in [7, 11) is 0. The molecule has 6 heteroatoms. The van der Waals surface area contributed by atoms with Gasteiger partial charge in [-0.3, -0.25) is 9.97 Å². The van der Waals surface area contributed by atoms with Gasteiger partial charge in [-0.25, -0.2) is 0 Å². The number of rotatable bonds is 7. The van der Waals surface area contributed by atoms with E-state index < -0.39 is 11.2 Å². The SMILES string of the molecule is C[S+]([O-])c1cncc(CNCC[C@@]2(c3ccccn3)CCOC3(CCCC3)C2)c1. The topological polar surface area (TPSA) is 70.1 Å². The lowest BCUT2D eigenvalue weighted by Gasteiger charge is -2.46. The molecule has 1 unspecified atom stereocenters. The molecular weight excluding hydrogens is 382 g/mol. The van der Waals surface area contributed by atoms with Gasteiger partial charge in [0, 0.05) is 42.7 Å². The maximum Gasteiger partial charge on any atom is 0.171 e. The van der Waals surface area contributed by atoms with E-state index in [1.165, 1.54) is 31.4 Å². The van der Waals surface area contributed by atoms with Crippen LogP contribution < -0.4 is 5.32 Å². The number of nitrogens with zero attached hydrogens (tertiary/aromatic N) is 2. The van der Waals surface area contributed by atoms with Crippen LogP contribution in [0.4, 0.5) is 0 Å². The summed E-state index contributed by atoms with van der Waals surface area (Å²) in [5, 5.41) is 3.58. The summed E-state index contributed by atoms with van der Waals surface area (Å²) in [4.78, 5) is 9.77. The lowest BCUT2D eigenvalue weighted by atomic mass is 9.68. The second-order valence-electron chi connectivity index (χ2n) is 8.57. The van der Waals surface area contributed by atoms with Gasteiger partial charge in [-0.2, -0.15) is 0 Å². The van der Waals surface area contributed by atoms with E-state index in [1.807, 2.05) is 24.5 Å². The van der Waals surface area contributed by atoms with Crippen LogP contribution in [0.2, 0.25) is 0 Å². The largest absolute Gasteiger partial charge is 0.612 e. The van der Waals surface area contributed by atoms with Crippen LogP contribution in [0.15, 0.2) is 47.8 Å². The maximum absolute atomic E-state index is 11.7. The Balaban J connectivity index is 1.43. The number of aromatic nitrogens is 2. The highest BCUT2D eigenvalue weighted by atomic mass is 32.2. The molecule has 5 nitrogen and oxygen atoms in total. The van der Waals surface area contributed by atoms with Crippen molar-refractivity contribution in [3.8, 4) is 0 Å². The Morgan fingerprint density at radius 3 is 2.83 bits per heavy atom. The average molecular weight is 414 g/mol. The first-order valence-corrected chi connectivity index (χ1v) is 12.2. The highest BCUT2D eigenvalue weighted by Crippen LogP contribution is 2.49. The Labute approximate surface area is 176 Å². The number of nitrogens with one attached hydrogen (secondary N) is 1. The van der Waals surface area contributed by atoms with Crippen LogP contribution in [0.3, 0.4) is 0 Å². The Morgan fingerprint density at radius 1 is 1.21 bits per heavy atom. The third kappa shape index (κ3) is 4.82. The fraction of sp³-hybridized carbons (Fsp3) is 0.565. The molecule has 1 spiro atoms. The molecule has 1 N–H and O–H groups in total. The zero-order valence-corrected chi connectivity index (χ0v) is 18.0. The summed E-state index contributed by atoms with van der Waals surface area (Å²) in [6.07, 6.45) is 15.2. The molecule has 0 radical (unpaired) electrons. The normalized spacial score (nSPS) is 24.6. The number of hydrogen-bond donors (Lipinski definition) is 1. The lowest BCUT2D eigenvalue weighted by Crippen LogP contribution is -2.47. The van der Waals surface area contributed by atoms with Crippen LogP contribution in [0.25, 0.3) is 0 Å². The molecule has 2 atom stereocenters. The second kappa shape index (κ2) is 9.13. The van der Waals surface area contributed by atoms with E-state index in [0.29, 0.717) is 0 Å². The summed E-state index contributed by atoms with van der Waals surface area (Å²) in [6.45, 7) is 2.47. The molecule has 0 bridgehead atoms. The van der Waals surface area contributed by atoms with Gasteiger partial charge in [0.25, 0.3) is 0 Å². The molecule has 1 aliphatic heterocycles. The van der Waals surface area contributed by atoms with Crippen molar-refractivity contribution in [1.29, 1.82) is 0 Å². The highest BCUT2D eigenvalue weighted by Gasteiger charge is 2.48. The molecule has 1 aliphatic carbocycles. The first-order chi connectivity index (χ1) is 14.1. The van der Waals surface area contributed by atoms with Gasteiger partial charge in [-0.1, -0.05) is 18.9 Å². The average Bonchev–Trinajstić information content (AvgIpc) is 3.19. The molecular formula is C23H31N3O2S. The molecule has 3 heterocycles. The maximum atomic E-state index is 11.7. The van der Waals surface area contributed by atoms with Crippen molar-refractivity contribution in [2.24, 2.45) is 0 Å². The molecule has 4 rings (SSSR count). The van der Waals surface area contributed by atoms with Gasteiger partial charge in [-0.05, 0) is 67.5 Å². The molecule has 29 heavy (non-hydrogen) atoms. The van der Waals surface area contributed by atoms with Gasteiger partial charge in [0.15, 0.2) is 4.90 Å². The Bertz CT molecular complexity index is 796. The Morgan fingerprint density at radius 2 is 2.07 bits per heavy atom. The molecule has 0 aromatic carbocycles. The van der Waals surface area contributed by atoms with Crippen molar-refractivity contribution in [1.82, 2.24) is 15.3 Å². The fourth-order valence-electron chi connectivity index (χ4n) is 5.07. The molecule has 2 aromatic heterocycles. The van der Waals surface area contributed by atoms with Crippen LogP contribution in [-0.4, -0.2) is 39.5 Å². The molecule has 156 valence electrons. The van der Waals surface area contributed by atoms with Gasteiger partial charge in [0.05, 0.1) is 11.8 Å². The van der Waals surface area contributed by atoms with Crippen molar-refractivity contribution in [3.05, 3.63) is 54.1 Å². The summed E-state index contributed by atoms with van der Waals surface area (Å²) in [6, 6.07) is 8.28. The fourth-order valence-corrected chi connectivity index (χ4v) is 5.60. The Kier molecular flexibility index (Phi) is 6.54.